The molecule has 0 radical (unpaired) electrons. The molecule has 27 heavy (non-hydrogen) atoms. The van der Waals surface area contributed by atoms with E-state index in [-0.39, 0.29) is 22.4 Å². The average molecular weight is 379 g/mol. The van der Waals surface area contributed by atoms with Crippen LogP contribution in [0.5, 0.6) is 0 Å². The third kappa shape index (κ3) is 4.84. The van der Waals surface area contributed by atoms with E-state index in [1.807, 2.05) is 0 Å². The lowest BCUT2D eigenvalue weighted by Gasteiger charge is -2.11. The smallest absolute Gasteiger partial charge is 0.251 e. The van der Waals surface area contributed by atoms with Gasteiger partial charge in [0.05, 0.1) is 6.42 Å². The summed E-state index contributed by atoms with van der Waals surface area (Å²) < 4.78 is 39.9. The minimum atomic E-state index is -1.36. The van der Waals surface area contributed by atoms with Gasteiger partial charge in [0.25, 0.3) is 11.8 Å². The summed E-state index contributed by atoms with van der Waals surface area (Å²) in [6.45, 7) is 0. The van der Waals surface area contributed by atoms with Gasteiger partial charge < -0.3 is 16.0 Å². The van der Waals surface area contributed by atoms with Gasteiger partial charge in [-0.2, -0.15) is 0 Å². The number of amides is 3. The minimum absolute atomic E-state index is 0.114. The zero-order chi connectivity index (χ0) is 20.1. The molecule has 0 aliphatic heterocycles. The van der Waals surface area contributed by atoms with Gasteiger partial charge >= 0.3 is 0 Å². The molecule has 0 fully saturated rings. The molecule has 142 valence electrons. The molecule has 3 amide bonds. The van der Waals surface area contributed by atoms with Gasteiger partial charge in [0.1, 0.15) is 5.82 Å². The molecule has 9 heteroatoms. The van der Waals surface area contributed by atoms with Crippen molar-refractivity contribution in [2.75, 3.05) is 19.4 Å². The summed E-state index contributed by atoms with van der Waals surface area (Å²) in [5.74, 6) is -5.40. The van der Waals surface area contributed by atoms with E-state index in [4.69, 9.17) is 0 Å². The standard InChI is InChI=1S/C18H16F3N3O3/c1-22-17(26)10-3-11(18(27)23-2)5-12(4-10)24-16(25)7-9-6-14(20)15(21)8-13(9)19/h3-6,8H,7H2,1-2H3,(H,22,26)(H,23,27)(H,24,25). The number of carbonyl (C=O) groups excluding carboxylic acids is 3. The molecule has 2 aromatic carbocycles. The molecule has 0 aliphatic rings. The molecule has 0 atom stereocenters. The number of nitrogens with one attached hydrogen (secondary N) is 3. The van der Waals surface area contributed by atoms with Crippen LogP contribution in [0.15, 0.2) is 30.3 Å². The normalized spacial score (nSPS) is 10.3. The lowest BCUT2D eigenvalue weighted by atomic mass is 10.1. The Bertz CT molecular complexity index is 882. The lowest BCUT2D eigenvalue weighted by Crippen LogP contribution is -2.22. The van der Waals surface area contributed by atoms with Crippen LogP contribution in [0.4, 0.5) is 18.9 Å². The molecule has 0 aliphatic carbocycles. The molecule has 0 heterocycles. The first kappa shape index (κ1) is 20.0. The van der Waals surface area contributed by atoms with E-state index in [1.54, 1.807) is 0 Å². The summed E-state index contributed by atoms with van der Waals surface area (Å²) in [4.78, 5) is 35.8. The van der Waals surface area contributed by atoms with Crippen molar-refractivity contribution < 1.29 is 27.6 Å². The van der Waals surface area contributed by atoms with Gasteiger partial charge in [0.15, 0.2) is 11.6 Å². The highest BCUT2D eigenvalue weighted by Crippen LogP contribution is 2.18. The molecule has 3 N–H and O–H groups in total. The van der Waals surface area contributed by atoms with Crippen LogP contribution < -0.4 is 16.0 Å². The summed E-state index contributed by atoms with van der Waals surface area (Å²) in [5.41, 5.74) is 0.0175. The first-order valence-electron chi connectivity index (χ1n) is 7.77. The van der Waals surface area contributed by atoms with Crippen molar-refractivity contribution in [1.82, 2.24) is 10.6 Å². The van der Waals surface area contributed by atoms with Crippen molar-refractivity contribution in [1.29, 1.82) is 0 Å². The monoisotopic (exact) mass is 379 g/mol. The topological polar surface area (TPSA) is 87.3 Å². The van der Waals surface area contributed by atoms with Gasteiger partial charge in [-0.3, -0.25) is 14.4 Å². The van der Waals surface area contributed by atoms with E-state index < -0.39 is 41.6 Å². The number of hydrogen-bond donors (Lipinski definition) is 3. The summed E-state index contributed by atoms with van der Waals surface area (Å²) >= 11 is 0. The van der Waals surface area contributed by atoms with Crippen LogP contribution in [0.25, 0.3) is 0 Å². The molecular weight excluding hydrogens is 363 g/mol. The molecule has 0 aromatic heterocycles. The Morgan fingerprint density at radius 1 is 0.778 bits per heavy atom. The van der Waals surface area contributed by atoms with Crippen LogP contribution in [0.2, 0.25) is 0 Å². The first-order valence-corrected chi connectivity index (χ1v) is 7.77. The van der Waals surface area contributed by atoms with Gasteiger partial charge in [-0.05, 0) is 24.3 Å². The maximum absolute atomic E-state index is 13.7. The predicted octanol–water partition coefficient (Wildman–Crippen LogP) is 2.00. The van der Waals surface area contributed by atoms with E-state index in [0.29, 0.717) is 12.1 Å². The molecular formula is C18H16F3N3O3. The van der Waals surface area contributed by atoms with Gasteiger partial charge in [-0.25, -0.2) is 13.2 Å². The Morgan fingerprint density at radius 2 is 1.30 bits per heavy atom. The fourth-order valence-corrected chi connectivity index (χ4v) is 2.33. The Balaban J connectivity index is 2.27. The zero-order valence-corrected chi connectivity index (χ0v) is 14.5. The first-order chi connectivity index (χ1) is 12.7. The average Bonchev–Trinajstić information content (AvgIpc) is 2.64. The van der Waals surface area contributed by atoms with Crippen LogP contribution in [0.1, 0.15) is 26.3 Å². The number of halogens is 3. The van der Waals surface area contributed by atoms with E-state index in [0.717, 1.165) is 0 Å². The van der Waals surface area contributed by atoms with E-state index in [2.05, 4.69) is 16.0 Å². The van der Waals surface area contributed by atoms with Crippen LogP contribution in [-0.2, 0) is 11.2 Å². The van der Waals surface area contributed by atoms with E-state index in [9.17, 15) is 27.6 Å². The van der Waals surface area contributed by atoms with E-state index in [1.165, 1.54) is 32.3 Å². The molecule has 0 saturated carbocycles. The Labute approximate surface area is 152 Å². The second-order valence-corrected chi connectivity index (χ2v) is 5.54. The van der Waals surface area contributed by atoms with Crippen molar-refractivity contribution in [2.45, 2.75) is 6.42 Å². The van der Waals surface area contributed by atoms with E-state index >= 15 is 0 Å². The van der Waals surface area contributed by atoms with Crippen LogP contribution >= 0.6 is 0 Å². The number of anilines is 1. The molecule has 0 unspecified atom stereocenters. The number of rotatable bonds is 5. The maximum Gasteiger partial charge on any atom is 0.251 e. The van der Waals surface area contributed by atoms with Crippen LogP contribution in [0.3, 0.4) is 0 Å². The highest BCUT2D eigenvalue weighted by atomic mass is 19.2. The molecule has 2 aromatic rings. The third-order valence-electron chi connectivity index (χ3n) is 3.64. The molecule has 0 bridgehead atoms. The second-order valence-electron chi connectivity index (χ2n) is 5.54. The summed E-state index contributed by atoms with van der Waals surface area (Å²) in [7, 11) is 2.80. The van der Waals surface area contributed by atoms with Crippen molar-refractivity contribution in [2.24, 2.45) is 0 Å². The molecule has 0 spiro atoms. The number of carbonyl (C=O) groups is 3. The Morgan fingerprint density at radius 3 is 1.81 bits per heavy atom. The van der Waals surface area contributed by atoms with Crippen LogP contribution in [-0.4, -0.2) is 31.8 Å². The van der Waals surface area contributed by atoms with Gasteiger partial charge in [-0.15, -0.1) is 0 Å². The van der Waals surface area contributed by atoms with Crippen molar-refractivity contribution in [3.63, 3.8) is 0 Å². The fourth-order valence-electron chi connectivity index (χ4n) is 2.33. The molecule has 0 saturated heterocycles. The maximum atomic E-state index is 13.7. The van der Waals surface area contributed by atoms with Gasteiger partial charge in [0, 0.05) is 42.5 Å². The van der Waals surface area contributed by atoms with Crippen LogP contribution in [0, 0.1) is 17.5 Å². The fraction of sp³-hybridized carbons (Fsp3) is 0.167. The SMILES string of the molecule is CNC(=O)c1cc(NC(=O)Cc2cc(F)c(F)cc2F)cc(C(=O)NC)c1. The summed E-state index contributed by atoms with van der Waals surface area (Å²) in [6.07, 6.45) is -0.567. The van der Waals surface area contributed by atoms with Gasteiger partial charge in [0.2, 0.25) is 5.91 Å². The Kier molecular flexibility index (Phi) is 6.17. The predicted molar refractivity (Wildman–Crippen MR) is 91.9 cm³/mol. The van der Waals surface area contributed by atoms with Crippen molar-refractivity contribution >= 4 is 23.4 Å². The largest absolute Gasteiger partial charge is 0.355 e. The van der Waals surface area contributed by atoms with Crippen molar-refractivity contribution in [3.05, 3.63) is 64.5 Å². The molecule has 2 rings (SSSR count). The lowest BCUT2D eigenvalue weighted by molar-refractivity contribution is -0.115. The highest BCUT2D eigenvalue weighted by Gasteiger charge is 2.16. The second kappa shape index (κ2) is 8.35. The summed E-state index contributed by atoms with van der Waals surface area (Å²) in [6, 6.07) is 4.94. The number of benzene rings is 2. The third-order valence-corrected chi connectivity index (χ3v) is 3.64. The number of hydrogen-bond acceptors (Lipinski definition) is 3. The Hall–Kier alpha value is -3.36. The van der Waals surface area contributed by atoms with Crippen molar-refractivity contribution in [3.8, 4) is 0 Å². The molecule has 6 nitrogen and oxygen atoms in total. The zero-order valence-electron chi connectivity index (χ0n) is 14.5. The minimum Gasteiger partial charge on any atom is -0.355 e. The van der Waals surface area contributed by atoms with Gasteiger partial charge in [-0.1, -0.05) is 0 Å². The highest BCUT2D eigenvalue weighted by molar-refractivity contribution is 6.02. The quantitative estimate of drug-likeness (QED) is 0.695. The summed E-state index contributed by atoms with van der Waals surface area (Å²) in [5, 5.41) is 7.20.